The minimum Gasteiger partial charge on any atom is -0.493 e. The number of alkyl halides is 3. The van der Waals surface area contributed by atoms with E-state index in [2.05, 4.69) is 30.0 Å². The van der Waals surface area contributed by atoms with E-state index >= 15 is 0 Å². The van der Waals surface area contributed by atoms with Gasteiger partial charge in [-0.25, -0.2) is 19.7 Å². The van der Waals surface area contributed by atoms with Crippen molar-refractivity contribution in [1.29, 1.82) is 0 Å². The molecule has 1 aliphatic rings. The van der Waals surface area contributed by atoms with Crippen LogP contribution in [0.2, 0.25) is 0 Å². The molecule has 0 aliphatic carbocycles. The molecule has 2 aromatic heterocycles. The molecule has 0 bridgehead atoms. The molecule has 0 saturated heterocycles. The second kappa shape index (κ2) is 8.98. The van der Waals surface area contributed by atoms with Gasteiger partial charge < -0.3 is 18.9 Å². The van der Waals surface area contributed by atoms with Crippen LogP contribution in [0, 0.1) is 6.92 Å². The Bertz CT molecular complexity index is 1500. The molecule has 0 atom stereocenters. The van der Waals surface area contributed by atoms with E-state index in [1.165, 1.54) is 12.1 Å². The Labute approximate surface area is 201 Å². The summed E-state index contributed by atoms with van der Waals surface area (Å²) in [6.45, 7) is 4.43. The second-order valence-corrected chi connectivity index (χ2v) is 7.57. The summed E-state index contributed by atoms with van der Waals surface area (Å²) in [6.07, 6.45) is -5.23. The van der Waals surface area contributed by atoms with E-state index in [1.807, 2.05) is 0 Å². The lowest BCUT2D eigenvalue weighted by molar-refractivity contribution is -0.189. The minimum atomic E-state index is -5.23. The zero-order chi connectivity index (χ0) is 25.4. The van der Waals surface area contributed by atoms with Crippen LogP contribution < -0.4 is 24.3 Å². The molecule has 1 N–H and O–H groups in total. The van der Waals surface area contributed by atoms with Crippen molar-refractivity contribution in [2.75, 3.05) is 25.1 Å². The number of fused-ring (bicyclic) bond motifs is 4. The molecule has 0 fully saturated rings. The van der Waals surface area contributed by atoms with Gasteiger partial charge >= 0.3 is 12.1 Å². The van der Waals surface area contributed by atoms with Crippen LogP contribution >= 0.6 is 0 Å². The molecule has 0 amide bonds. The van der Waals surface area contributed by atoms with Gasteiger partial charge in [0.15, 0.2) is 11.5 Å². The number of carbonyl (C=O) groups excluding carboxylic acids is 1. The fourth-order valence-electron chi connectivity index (χ4n) is 3.68. The lowest BCUT2D eigenvalue weighted by Gasteiger charge is -2.20. The van der Waals surface area contributed by atoms with Crippen molar-refractivity contribution >= 4 is 39.7 Å². The lowest BCUT2D eigenvalue weighted by atomic mass is 10.1. The lowest BCUT2D eigenvalue weighted by Crippen LogP contribution is -2.28. The zero-order valence-electron chi connectivity index (χ0n) is 19.0. The van der Waals surface area contributed by atoms with Crippen molar-refractivity contribution in [3.8, 4) is 23.1 Å². The third-order valence-corrected chi connectivity index (χ3v) is 5.16. The van der Waals surface area contributed by atoms with E-state index in [9.17, 15) is 18.0 Å². The number of anilines is 2. The van der Waals surface area contributed by atoms with E-state index in [4.69, 9.17) is 14.2 Å². The average molecular weight is 501 g/mol. The number of nitrogens with one attached hydrogen (secondary N) is 1. The molecule has 1 aliphatic heterocycles. The fourth-order valence-corrected chi connectivity index (χ4v) is 3.68. The Morgan fingerprint density at radius 1 is 1.06 bits per heavy atom. The van der Waals surface area contributed by atoms with Gasteiger partial charge in [0.25, 0.3) is 0 Å². The largest absolute Gasteiger partial charge is 0.493 e. The van der Waals surface area contributed by atoms with Crippen LogP contribution in [-0.4, -0.2) is 51.9 Å². The summed E-state index contributed by atoms with van der Waals surface area (Å²) < 4.78 is 60.3. The van der Waals surface area contributed by atoms with Crippen molar-refractivity contribution in [1.82, 2.24) is 19.9 Å². The number of carbonyl (C=O) groups is 1. The Morgan fingerprint density at radius 2 is 1.83 bits per heavy atom. The predicted molar refractivity (Wildman–Crippen MR) is 121 cm³/mol. The Kier molecular flexibility index (Phi) is 5.82. The third-order valence-electron chi connectivity index (χ3n) is 5.16. The Morgan fingerprint density at radius 3 is 2.61 bits per heavy atom. The number of rotatable bonds is 5. The van der Waals surface area contributed by atoms with E-state index in [0.29, 0.717) is 35.9 Å². The third kappa shape index (κ3) is 4.34. The maximum absolute atomic E-state index is 13.0. The Balaban J connectivity index is 1.60. The molecule has 36 heavy (non-hydrogen) atoms. The van der Waals surface area contributed by atoms with Gasteiger partial charge in [-0.1, -0.05) is 6.07 Å². The van der Waals surface area contributed by atoms with Gasteiger partial charge in [0.1, 0.15) is 29.9 Å². The molecule has 10 nitrogen and oxygen atoms in total. The quantitative estimate of drug-likeness (QED) is 0.398. The molecular weight excluding hydrogens is 483 g/mol. The first-order chi connectivity index (χ1) is 17.2. The van der Waals surface area contributed by atoms with Crippen molar-refractivity contribution in [3.05, 3.63) is 36.0 Å². The summed E-state index contributed by atoms with van der Waals surface area (Å²) in [5.74, 6) is -2.05. The first kappa shape index (κ1) is 23.3. The highest BCUT2D eigenvalue weighted by atomic mass is 19.4. The predicted octanol–water partition coefficient (Wildman–Crippen LogP) is 4.26. The van der Waals surface area contributed by atoms with Crippen LogP contribution in [-0.2, 0) is 4.79 Å². The number of ether oxygens (including phenoxy) is 4. The van der Waals surface area contributed by atoms with Gasteiger partial charge in [0.05, 0.1) is 17.8 Å². The van der Waals surface area contributed by atoms with Crippen LogP contribution in [0.5, 0.6) is 23.1 Å². The maximum atomic E-state index is 13.0. The summed E-state index contributed by atoms with van der Waals surface area (Å²) in [4.78, 5) is 28.8. The maximum Gasteiger partial charge on any atom is 0.491 e. The SMILES string of the molecule is CCOc1cccc2nc(Nc3nc(C)c4ccc5c(c4n3)OCCO5)nc(OC(=O)C(F)(F)F)c12. The van der Waals surface area contributed by atoms with Gasteiger partial charge in [-0.3, -0.25) is 5.32 Å². The highest BCUT2D eigenvalue weighted by Gasteiger charge is 2.42. The molecule has 0 saturated carbocycles. The summed E-state index contributed by atoms with van der Waals surface area (Å²) in [7, 11) is 0. The second-order valence-electron chi connectivity index (χ2n) is 7.57. The summed E-state index contributed by atoms with van der Waals surface area (Å²) >= 11 is 0. The number of aromatic nitrogens is 4. The van der Waals surface area contributed by atoms with Crippen molar-refractivity contribution in [3.63, 3.8) is 0 Å². The monoisotopic (exact) mass is 501 g/mol. The van der Waals surface area contributed by atoms with E-state index < -0.39 is 18.0 Å². The molecule has 0 radical (unpaired) electrons. The number of halogens is 3. The average Bonchev–Trinajstić information content (AvgIpc) is 2.83. The highest BCUT2D eigenvalue weighted by molar-refractivity contribution is 5.93. The molecule has 13 heteroatoms. The van der Waals surface area contributed by atoms with Gasteiger partial charge in [0, 0.05) is 5.39 Å². The summed E-state index contributed by atoms with van der Waals surface area (Å²) in [5.41, 5.74) is 1.25. The number of nitrogens with zero attached hydrogens (tertiary/aromatic N) is 4. The van der Waals surface area contributed by atoms with Crippen LogP contribution in [0.25, 0.3) is 21.8 Å². The van der Waals surface area contributed by atoms with Gasteiger partial charge in [-0.2, -0.15) is 18.2 Å². The zero-order valence-corrected chi connectivity index (χ0v) is 19.0. The molecule has 0 unspecified atom stereocenters. The smallest absolute Gasteiger partial charge is 0.491 e. The van der Waals surface area contributed by atoms with Crippen molar-refractivity contribution in [2.24, 2.45) is 0 Å². The minimum absolute atomic E-state index is 0.0118. The Hall–Kier alpha value is -4.42. The van der Waals surface area contributed by atoms with Crippen LogP contribution in [0.4, 0.5) is 25.1 Å². The van der Waals surface area contributed by atoms with E-state index in [1.54, 1.807) is 32.0 Å². The van der Waals surface area contributed by atoms with Crippen LogP contribution in [0.15, 0.2) is 30.3 Å². The standard InChI is InChI=1S/C23H18F3N5O5/c1-3-33-14-6-4-5-13-16(14)19(36-20(32)23(24,25)26)30-22(28-13)31-21-27-11(2)12-7-8-15-18(17(12)29-21)35-10-9-34-15/h4-8H,3,9-10H2,1-2H3,(H,27,28,29,30,31). The molecule has 0 spiro atoms. The normalized spacial score (nSPS) is 13.0. The molecule has 186 valence electrons. The van der Waals surface area contributed by atoms with Crippen LogP contribution in [0.1, 0.15) is 12.6 Å². The first-order valence-electron chi connectivity index (χ1n) is 10.8. The molecular formula is C23H18F3N5O5. The van der Waals surface area contributed by atoms with E-state index in [-0.39, 0.29) is 35.2 Å². The fraction of sp³-hybridized carbons (Fsp3) is 0.261. The number of hydrogen-bond acceptors (Lipinski definition) is 10. The molecule has 4 aromatic rings. The number of aryl methyl sites for hydroxylation is 1. The summed E-state index contributed by atoms with van der Waals surface area (Å²) in [5, 5.41) is 3.52. The first-order valence-corrected chi connectivity index (χ1v) is 10.8. The summed E-state index contributed by atoms with van der Waals surface area (Å²) in [6, 6.07) is 8.19. The molecule has 2 aromatic carbocycles. The number of hydrogen-bond donors (Lipinski definition) is 1. The molecule has 5 rings (SSSR count). The topological polar surface area (TPSA) is 118 Å². The van der Waals surface area contributed by atoms with Crippen molar-refractivity contribution in [2.45, 2.75) is 20.0 Å². The number of benzene rings is 2. The van der Waals surface area contributed by atoms with Gasteiger partial charge in [-0.15, -0.1) is 0 Å². The van der Waals surface area contributed by atoms with Crippen molar-refractivity contribution < 1.29 is 36.9 Å². The van der Waals surface area contributed by atoms with E-state index in [0.717, 1.165) is 5.39 Å². The highest BCUT2D eigenvalue weighted by Crippen LogP contribution is 2.38. The van der Waals surface area contributed by atoms with Gasteiger partial charge in [0.2, 0.25) is 17.8 Å². The van der Waals surface area contributed by atoms with Gasteiger partial charge in [-0.05, 0) is 38.1 Å². The van der Waals surface area contributed by atoms with Crippen LogP contribution in [0.3, 0.4) is 0 Å². The number of esters is 1. The molecule has 3 heterocycles.